The van der Waals surface area contributed by atoms with E-state index in [4.69, 9.17) is 9.26 Å². The summed E-state index contributed by atoms with van der Waals surface area (Å²) in [6, 6.07) is 0.446. The van der Waals surface area contributed by atoms with Gasteiger partial charge in [0.05, 0.1) is 0 Å². The minimum Gasteiger partial charge on any atom is -0.370 e. The first kappa shape index (κ1) is 15.3. The number of thioether (sulfide) groups is 1. The van der Waals surface area contributed by atoms with E-state index in [-0.39, 0.29) is 5.60 Å². The van der Waals surface area contributed by atoms with Crippen LogP contribution in [-0.2, 0) is 16.8 Å². The zero-order chi connectivity index (χ0) is 14.7. The van der Waals surface area contributed by atoms with Gasteiger partial charge in [-0.3, -0.25) is 0 Å². The largest absolute Gasteiger partial charge is 0.370 e. The summed E-state index contributed by atoms with van der Waals surface area (Å²) in [6.45, 7) is 3.36. The molecule has 0 aromatic carbocycles. The Bertz CT molecular complexity index is 452. The van der Waals surface area contributed by atoms with Crippen molar-refractivity contribution in [3.05, 3.63) is 11.7 Å². The van der Waals surface area contributed by atoms with Crippen LogP contribution >= 0.6 is 11.8 Å². The molecular formula is C15H25N3O2S. The molecule has 118 valence electrons. The monoisotopic (exact) mass is 311 g/mol. The van der Waals surface area contributed by atoms with E-state index in [0.717, 1.165) is 49.2 Å². The summed E-state index contributed by atoms with van der Waals surface area (Å²) in [6.07, 6.45) is 5.12. The predicted molar refractivity (Wildman–Crippen MR) is 83.4 cm³/mol. The fourth-order valence-corrected chi connectivity index (χ4v) is 4.18. The molecule has 1 N–H and O–H groups in total. The van der Waals surface area contributed by atoms with E-state index < -0.39 is 0 Å². The Morgan fingerprint density at radius 1 is 1.43 bits per heavy atom. The molecule has 1 saturated heterocycles. The average Bonchev–Trinajstić information content (AvgIpc) is 2.99. The average molecular weight is 311 g/mol. The second kappa shape index (κ2) is 6.67. The summed E-state index contributed by atoms with van der Waals surface area (Å²) in [4.78, 5) is 4.64. The summed E-state index contributed by atoms with van der Waals surface area (Å²) < 4.78 is 11.3. The van der Waals surface area contributed by atoms with Crippen molar-refractivity contribution in [2.75, 3.05) is 25.2 Å². The molecule has 1 aliphatic carbocycles. The fourth-order valence-electron chi connectivity index (χ4n) is 3.23. The first-order valence-electron chi connectivity index (χ1n) is 7.91. The molecule has 1 saturated carbocycles. The molecule has 2 fully saturated rings. The van der Waals surface area contributed by atoms with Gasteiger partial charge in [0.2, 0.25) is 11.7 Å². The highest BCUT2D eigenvalue weighted by molar-refractivity contribution is 7.99. The van der Waals surface area contributed by atoms with Gasteiger partial charge >= 0.3 is 0 Å². The van der Waals surface area contributed by atoms with Gasteiger partial charge in [-0.05, 0) is 31.6 Å². The molecule has 2 heterocycles. The maximum Gasteiger partial charge on any atom is 0.228 e. The van der Waals surface area contributed by atoms with E-state index in [9.17, 15) is 0 Å². The molecule has 1 atom stereocenters. The van der Waals surface area contributed by atoms with Gasteiger partial charge < -0.3 is 14.6 Å². The van der Waals surface area contributed by atoms with Crippen molar-refractivity contribution in [2.45, 2.75) is 50.7 Å². The van der Waals surface area contributed by atoms with Crippen molar-refractivity contribution < 1.29 is 9.26 Å². The highest BCUT2D eigenvalue weighted by Crippen LogP contribution is 2.40. The molecule has 0 spiro atoms. The van der Waals surface area contributed by atoms with Crippen molar-refractivity contribution >= 4 is 11.8 Å². The van der Waals surface area contributed by atoms with E-state index in [1.165, 1.54) is 18.6 Å². The highest BCUT2D eigenvalue weighted by Gasteiger charge is 2.40. The number of ether oxygens (including phenoxy) is 1. The van der Waals surface area contributed by atoms with Crippen LogP contribution in [0.15, 0.2) is 4.52 Å². The van der Waals surface area contributed by atoms with Gasteiger partial charge in [0, 0.05) is 37.6 Å². The van der Waals surface area contributed by atoms with Gasteiger partial charge in [-0.2, -0.15) is 16.7 Å². The summed E-state index contributed by atoms with van der Waals surface area (Å²) in [5.74, 6) is 4.56. The second-order valence-corrected chi connectivity index (χ2v) is 7.47. The lowest BCUT2D eigenvalue weighted by Crippen LogP contribution is -2.39. The minimum absolute atomic E-state index is 0.330. The first-order valence-corrected chi connectivity index (χ1v) is 9.07. The standard InChI is InChI=1S/C15H25N3O2S/c1-11-3-5-15(19-2,6-4-11)14-17-13(20-18-14)9-12-10-21-8-7-16-12/h11-12,16H,3-10H2,1-2H3. The van der Waals surface area contributed by atoms with Crippen LogP contribution in [-0.4, -0.2) is 41.3 Å². The zero-order valence-electron chi connectivity index (χ0n) is 12.9. The summed E-state index contributed by atoms with van der Waals surface area (Å²) >= 11 is 1.98. The Morgan fingerprint density at radius 3 is 2.90 bits per heavy atom. The van der Waals surface area contributed by atoms with Gasteiger partial charge in [-0.15, -0.1) is 0 Å². The van der Waals surface area contributed by atoms with Gasteiger partial charge in [0.15, 0.2) is 0 Å². The van der Waals surface area contributed by atoms with Crippen molar-refractivity contribution in [1.29, 1.82) is 0 Å². The Hall–Kier alpha value is -0.590. The predicted octanol–water partition coefficient (Wildman–Crippen LogP) is 2.37. The number of hydrogen-bond acceptors (Lipinski definition) is 6. The molecule has 3 rings (SSSR count). The van der Waals surface area contributed by atoms with Crippen molar-refractivity contribution in [3.8, 4) is 0 Å². The molecule has 1 aromatic heterocycles. The number of hydrogen-bond donors (Lipinski definition) is 1. The lowest BCUT2D eigenvalue weighted by atomic mass is 9.79. The third kappa shape index (κ3) is 3.43. The Balaban J connectivity index is 1.68. The molecule has 1 aliphatic heterocycles. The van der Waals surface area contributed by atoms with E-state index in [2.05, 4.69) is 22.4 Å². The van der Waals surface area contributed by atoms with Crippen molar-refractivity contribution in [1.82, 2.24) is 15.5 Å². The SMILES string of the molecule is COC1(c2noc(CC3CSCCN3)n2)CCC(C)CC1. The minimum atomic E-state index is -0.330. The van der Waals surface area contributed by atoms with E-state index in [0.29, 0.717) is 6.04 Å². The van der Waals surface area contributed by atoms with Crippen molar-refractivity contribution in [3.63, 3.8) is 0 Å². The van der Waals surface area contributed by atoms with Gasteiger partial charge in [0.25, 0.3) is 0 Å². The quantitative estimate of drug-likeness (QED) is 0.921. The first-order chi connectivity index (χ1) is 10.2. The molecule has 0 bridgehead atoms. The Morgan fingerprint density at radius 2 is 2.24 bits per heavy atom. The second-order valence-electron chi connectivity index (χ2n) is 6.32. The van der Waals surface area contributed by atoms with Crippen LogP contribution in [0.5, 0.6) is 0 Å². The van der Waals surface area contributed by atoms with E-state index in [1.807, 2.05) is 11.8 Å². The summed E-state index contributed by atoms with van der Waals surface area (Å²) in [7, 11) is 1.77. The normalized spacial score (nSPS) is 34.0. The summed E-state index contributed by atoms with van der Waals surface area (Å²) in [5, 5.41) is 7.73. The molecule has 1 aromatic rings. The van der Waals surface area contributed by atoms with Crippen LogP contribution in [0.25, 0.3) is 0 Å². The summed E-state index contributed by atoms with van der Waals surface area (Å²) in [5.41, 5.74) is -0.330. The van der Waals surface area contributed by atoms with Crippen LogP contribution in [0.3, 0.4) is 0 Å². The molecule has 6 heteroatoms. The molecule has 0 radical (unpaired) electrons. The topological polar surface area (TPSA) is 60.2 Å². The molecule has 5 nitrogen and oxygen atoms in total. The van der Waals surface area contributed by atoms with Crippen LogP contribution in [0.4, 0.5) is 0 Å². The Labute approximate surface area is 130 Å². The van der Waals surface area contributed by atoms with E-state index in [1.54, 1.807) is 7.11 Å². The highest BCUT2D eigenvalue weighted by atomic mass is 32.2. The van der Waals surface area contributed by atoms with Gasteiger partial charge in [-0.1, -0.05) is 12.1 Å². The molecule has 0 amide bonds. The lowest BCUT2D eigenvalue weighted by molar-refractivity contribution is -0.0609. The van der Waals surface area contributed by atoms with Gasteiger partial charge in [0.1, 0.15) is 5.60 Å². The van der Waals surface area contributed by atoms with E-state index >= 15 is 0 Å². The Kier molecular flexibility index (Phi) is 4.86. The maximum atomic E-state index is 5.81. The van der Waals surface area contributed by atoms with Crippen LogP contribution in [0.2, 0.25) is 0 Å². The number of methoxy groups -OCH3 is 1. The van der Waals surface area contributed by atoms with Crippen LogP contribution < -0.4 is 5.32 Å². The molecule has 21 heavy (non-hydrogen) atoms. The number of aromatic nitrogens is 2. The molecular weight excluding hydrogens is 286 g/mol. The van der Waals surface area contributed by atoms with Crippen LogP contribution in [0, 0.1) is 5.92 Å². The number of nitrogens with zero attached hydrogens (tertiary/aromatic N) is 2. The van der Waals surface area contributed by atoms with Gasteiger partial charge in [-0.25, -0.2) is 0 Å². The third-order valence-electron chi connectivity index (χ3n) is 4.77. The number of rotatable bonds is 4. The van der Waals surface area contributed by atoms with Crippen LogP contribution in [0.1, 0.15) is 44.3 Å². The maximum absolute atomic E-state index is 5.81. The zero-order valence-corrected chi connectivity index (χ0v) is 13.7. The third-order valence-corrected chi connectivity index (χ3v) is 5.90. The molecule has 1 unspecified atom stereocenters. The van der Waals surface area contributed by atoms with Crippen molar-refractivity contribution in [2.24, 2.45) is 5.92 Å². The fraction of sp³-hybridized carbons (Fsp3) is 0.867. The smallest absolute Gasteiger partial charge is 0.228 e. The lowest BCUT2D eigenvalue weighted by Gasteiger charge is -2.35. The number of nitrogens with one attached hydrogen (secondary N) is 1. The molecule has 2 aliphatic rings.